The smallest absolute Gasteiger partial charge is 0.173 e. The Morgan fingerprint density at radius 3 is 2.89 bits per heavy atom. The van der Waals surface area contributed by atoms with E-state index in [0.717, 1.165) is 5.56 Å². The summed E-state index contributed by atoms with van der Waals surface area (Å²) in [6, 6.07) is 5.43. The van der Waals surface area contributed by atoms with Crippen LogP contribution in [0.4, 0.5) is 0 Å². The number of amidine groups is 1. The predicted molar refractivity (Wildman–Crippen MR) is 67.0 cm³/mol. The van der Waals surface area contributed by atoms with Crippen LogP contribution in [0.5, 0.6) is 11.5 Å². The molecule has 6 heteroatoms. The number of nitrogens with two attached hydrogens (primary N) is 1. The van der Waals surface area contributed by atoms with Crippen molar-refractivity contribution in [2.75, 3.05) is 0 Å². The molecule has 0 amide bonds. The van der Waals surface area contributed by atoms with Crippen molar-refractivity contribution in [3.63, 3.8) is 0 Å². The molecule has 0 bridgehead atoms. The highest BCUT2D eigenvalue weighted by Gasteiger charge is 2.10. The molecule has 2 rings (SSSR count). The SMILES string of the molecule is Cc1ccc(/C(N)=N/O)c(Oc2cnn(C)c2)c1. The van der Waals surface area contributed by atoms with Crippen LogP contribution in [0.3, 0.4) is 0 Å². The molecule has 2 aromatic rings. The van der Waals surface area contributed by atoms with Crippen molar-refractivity contribution in [2.45, 2.75) is 6.92 Å². The lowest BCUT2D eigenvalue weighted by molar-refractivity contribution is 0.318. The van der Waals surface area contributed by atoms with E-state index in [2.05, 4.69) is 10.3 Å². The van der Waals surface area contributed by atoms with Gasteiger partial charge in [0.05, 0.1) is 18.0 Å². The zero-order valence-electron chi connectivity index (χ0n) is 10.2. The van der Waals surface area contributed by atoms with Gasteiger partial charge in [0, 0.05) is 7.05 Å². The first-order valence-electron chi connectivity index (χ1n) is 5.35. The molecular weight excluding hydrogens is 232 g/mol. The Morgan fingerprint density at radius 2 is 2.28 bits per heavy atom. The first-order chi connectivity index (χ1) is 8.60. The number of ether oxygens (including phenoxy) is 1. The van der Waals surface area contributed by atoms with Gasteiger partial charge in [-0.25, -0.2) is 0 Å². The van der Waals surface area contributed by atoms with Crippen molar-refractivity contribution in [3.05, 3.63) is 41.7 Å². The summed E-state index contributed by atoms with van der Waals surface area (Å²) in [5, 5.41) is 15.7. The average Bonchev–Trinajstić information content (AvgIpc) is 2.74. The quantitative estimate of drug-likeness (QED) is 0.373. The maximum atomic E-state index is 8.74. The lowest BCUT2D eigenvalue weighted by atomic mass is 10.1. The molecule has 0 aliphatic rings. The molecule has 6 nitrogen and oxygen atoms in total. The Kier molecular flexibility index (Phi) is 3.18. The normalized spacial score (nSPS) is 11.6. The highest BCUT2D eigenvalue weighted by Crippen LogP contribution is 2.26. The van der Waals surface area contributed by atoms with Crippen LogP contribution in [-0.2, 0) is 7.05 Å². The summed E-state index contributed by atoms with van der Waals surface area (Å²) in [6.07, 6.45) is 3.33. The molecule has 0 unspecified atom stereocenters. The van der Waals surface area contributed by atoms with Gasteiger partial charge < -0.3 is 15.7 Å². The second-order valence-corrected chi connectivity index (χ2v) is 3.94. The number of oxime groups is 1. The predicted octanol–water partition coefficient (Wildman–Crippen LogP) is 1.62. The summed E-state index contributed by atoms with van der Waals surface area (Å²) in [7, 11) is 1.80. The average molecular weight is 246 g/mol. The summed E-state index contributed by atoms with van der Waals surface area (Å²) in [4.78, 5) is 0. The molecule has 1 aromatic heterocycles. The third-order valence-corrected chi connectivity index (χ3v) is 2.43. The Labute approximate surface area is 104 Å². The molecule has 0 aliphatic carbocycles. The molecule has 0 aliphatic heterocycles. The second kappa shape index (κ2) is 4.79. The number of hydrogen-bond donors (Lipinski definition) is 2. The van der Waals surface area contributed by atoms with E-state index in [9.17, 15) is 0 Å². The minimum Gasteiger partial charge on any atom is -0.453 e. The first-order valence-corrected chi connectivity index (χ1v) is 5.35. The minimum atomic E-state index is 0.00823. The maximum absolute atomic E-state index is 8.74. The standard InChI is InChI=1S/C12H14N4O2/c1-8-3-4-10(12(13)15-17)11(5-8)18-9-6-14-16(2)7-9/h3-7,17H,1-2H3,(H2,13,15). The van der Waals surface area contributed by atoms with Crippen molar-refractivity contribution in [2.24, 2.45) is 17.9 Å². The van der Waals surface area contributed by atoms with Gasteiger partial charge in [-0.05, 0) is 24.6 Å². The molecule has 0 atom stereocenters. The number of hydrogen-bond acceptors (Lipinski definition) is 4. The van der Waals surface area contributed by atoms with Gasteiger partial charge in [0.1, 0.15) is 5.75 Å². The molecule has 1 heterocycles. The van der Waals surface area contributed by atoms with Gasteiger partial charge >= 0.3 is 0 Å². The molecule has 1 aromatic carbocycles. The van der Waals surface area contributed by atoms with Crippen LogP contribution in [0, 0.1) is 6.92 Å². The van der Waals surface area contributed by atoms with E-state index in [1.54, 1.807) is 30.2 Å². The zero-order chi connectivity index (χ0) is 13.1. The van der Waals surface area contributed by atoms with Gasteiger partial charge in [0.15, 0.2) is 11.6 Å². The number of nitrogens with zero attached hydrogens (tertiary/aromatic N) is 3. The topological polar surface area (TPSA) is 85.7 Å². The molecule has 94 valence electrons. The monoisotopic (exact) mass is 246 g/mol. The van der Waals surface area contributed by atoms with Crippen LogP contribution in [0.1, 0.15) is 11.1 Å². The van der Waals surface area contributed by atoms with Crippen LogP contribution < -0.4 is 10.5 Å². The second-order valence-electron chi connectivity index (χ2n) is 3.94. The largest absolute Gasteiger partial charge is 0.453 e. The lowest BCUT2D eigenvalue weighted by Crippen LogP contribution is -2.14. The Hall–Kier alpha value is -2.50. The third-order valence-electron chi connectivity index (χ3n) is 2.43. The number of aryl methyl sites for hydroxylation is 2. The number of aromatic nitrogens is 2. The van der Waals surface area contributed by atoms with E-state index < -0.39 is 0 Å². The molecule has 0 fully saturated rings. The summed E-state index contributed by atoms with van der Waals surface area (Å²) in [5.41, 5.74) is 7.15. The van der Waals surface area contributed by atoms with Crippen molar-refractivity contribution in [3.8, 4) is 11.5 Å². The molecule has 0 spiro atoms. The fraction of sp³-hybridized carbons (Fsp3) is 0.167. The molecule has 0 radical (unpaired) electrons. The van der Waals surface area contributed by atoms with Crippen molar-refractivity contribution < 1.29 is 9.94 Å². The van der Waals surface area contributed by atoms with E-state index >= 15 is 0 Å². The van der Waals surface area contributed by atoms with E-state index in [1.807, 2.05) is 19.1 Å². The van der Waals surface area contributed by atoms with Gasteiger partial charge in [-0.15, -0.1) is 0 Å². The van der Waals surface area contributed by atoms with E-state index in [-0.39, 0.29) is 5.84 Å². The summed E-state index contributed by atoms with van der Waals surface area (Å²) < 4.78 is 7.31. The third kappa shape index (κ3) is 2.42. The summed E-state index contributed by atoms with van der Waals surface area (Å²) in [5.74, 6) is 1.13. The van der Waals surface area contributed by atoms with Crippen LogP contribution >= 0.6 is 0 Å². The van der Waals surface area contributed by atoms with E-state index in [0.29, 0.717) is 17.1 Å². The molecule has 0 saturated carbocycles. The van der Waals surface area contributed by atoms with Gasteiger partial charge in [0.2, 0.25) is 0 Å². The van der Waals surface area contributed by atoms with E-state index in [4.69, 9.17) is 15.7 Å². The molecule has 0 saturated heterocycles. The minimum absolute atomic E-state index is 0.00823. The van der Waals surface area contributed by atoms with E-state index in [1.165, 1.54) is 0 Å². The van der Waals surface area contributed by atoms with Gasteiger partial charge in [-0.1, -0.05) is 11.2 Å². The van der Waals surface area contributed by atoms with Crippen LogP contribution in [0.2, 0.25) is 0 Å². The fourth-order valence-electron chi connectivity index (χ4n) is 1.56. The molecule has 3 N–H and O–H groups in total. The highest BCUT2D eigenvalue weighted by atomic mass is 16.5. The van der Waals surface area contributed by atoms with Crippen LogP contribution in [0.25, 0.3) is 0 Å². The number of benzene rings is 1. The molecule has 18 heavy (non-hydrogen) atoms. The van der Waals surface area contributed by atoms with Crippen LogP contribution in [0.15, 0.2) is 35.7 Å². The zero-order valence-corrected chi connectivity index (χ0v) is 10.2. The van der Waals surface area contributed by atoms with Crippen LogP contribution in [-0.4, -0.2) is 20.8 Å². The summed E-state index contributed by atoms with van der Waals surface area (Å²) in [6.45, 7) is 1.94. The number of rotatable bonds is 3. The molecular formula is C12H14N4O2. The Bertz CT molecular complexity index is 590. The summed E-state index contributed by atoms with van der Waals surface area (Å²) >= 11 is 0. The van der Waals surface area contributed by atoms with Gasteiger partial charge in [-0.2, -0.15) is 5.10 Å². The van der Waals surface area contributed by atoms with Crippen molar-refractivity contribution in [1.82, 2.24) is 9.78 Å². The van der Waals surface area contributed by atoms with Crippen molar-refractivity contribution >= 4 is 5.84 Å². The maximum Gasteiger partial charge on any atom is 0.173 e. The lowest BCUT2D eigenvalue weighted by Gasteiger charge is -2.09. The van der Waals surface area contributed by atoms with Crippen molar-refractivity contribution in [1.29, 1.82) is 0 Å². The first kappa shape index (κ1) is 12.0. The highest BCUT2D eigenvalue weighted by molar-refractivity contribution is 5.99. The Morgan fingerprint density at radius 1 is 1.50 bits per heavy atom. The fourth-order valence-corrected chi connectivity index (χ4v) is 1.56. The van der Waals surface area contributed by atoms with Gasteiger partial charge in [-0.3, -0.25) is 4.68 Å². The van der Waals surface area contributed by atoms with Gasteiger partial charge in [0.25, 0.3) is 0 Å². The Balaban J connectivity index is 2.39.